The van der Waals surface area contributed by atoms with Crippen LogP contribution >= 0.6 is 0 Å². The van der Waals surface area contributed by atoms with Gasteiger partial charge in [0.25, 0.3) is 5.91 Å². The first-order valence-electron chi connectivity index (χ1n) is 10.6. The number of amides is 3. The van der Waals surface area contributed by atoms with Gasteiger partial charge in [-0.15, -0.1) is 0 Å². The highest BCUT2D eigenvalue weighted by Gasteiger charge is 2.51. The van der Waals surface area contributed by atoms with Crippen LogP contribution in [0.5, 0.6) is 0 Å². The summed E-state index contributed by atoms with van der Waals surface area (Å²) in [6.07, 6.45) is 0.896. The maximum atomic E-state index is 13.3. The summed E-state index contributed by atoms with van der Waals surface area (Å²) < 4.78 is 57.5. The Kier molecular flexibility index (Phi) is 9.02. The highest BCUT2D eigenvalue weighted by molar-refractivity contribution is 7.89. The maximum Gasteiger partial charge on any atom is 0.333 e. The average Bonchev–Trinajstić information content (AvgIpc) is 2.90. The predicted molar refractivity (Wildman–Crippen MR) is 123 cm³/mol. The van der Waals surface area contributed by atoms with Crippen LogP contribution in [0.4, 0.5) is 4.79 Å². The molecule has 1 unspecified atom stereocenters. The number of hydrogen-bond donors (Lipinski definition) is 1. The third-order valence-electron chi connectivity index (χ3n) is 4.90. The largest absolute Gasteiger partial charge is 0.465 e. The molecule has 0 aromatic heterocycles. The summed E-state index contributed by atoms with van der Waals surface area (Å²) in [4.78, 5) is 37.2. The Morgan fingerprint density at radius 1 is 1.21 bits per heavy atom. The minimum atomic E-state index is -4.46. The number of carbonyl (C=O) groups is 3. The van der Waals surface area contributed by atoms with E-state index in [1.165, 1.54) is 0 Å². The van der Waals surface area contributed by atoms with Gasteiger partial charge < -0.3 is 10.1 Å². The standard InChI is InChI=1S/C20H30N4O8S2/c1-5-32-18(25)12-21-20(27)24(33(4,28)29)14-23-19(26)17(11-15(2)3)22(34(23,30)31)13-16-9-7-6-8-10-16/h6-10,15,17H,5,11-14H2,1-4H3,(H,21,27). The van der Waals surface area contributed by atoms with E-state index >= 15 is 0 Å². The molecule has 1 N–H and O–H groups in total. The third-order valence-corrected chi connectivity index (χ3v) is 7.81. The minimum Gasteiger partial charge on any atom is -0.465 e. The first kappa shape index (κ1) is 27.5. The van der Waals surface area contributed by atoms with Crippen molar-refractivity contribution in [3.05, 3.63) is 35.9 Å². The van der Waals surface area contributed by atoms with Crippen LogP contribution in [-0.4, -0.2) is 79.8 Å². The van der Waals surface area contributed by atoms with E-state index in [9.17, 15) is 31.2 Å². The number of esters is 1. The molecule has 0 spiro atoms. The first-order valence-corrected chi connectivity index (χ1v) is 13.8. The summed E-state index contributed by atoms with van der Waals surface area (Å²) in [5.41, 5.74) is 0.640. The van der Waals surface area contributed by atoms with Crippen molar-refractivity contribution in [1.29, 1.82) is 0 Å². The summed E-state index contributed by atoms with van der Waals surface area (Å²) in [7, 11) is -8.77. The van der Waals surface area contributed by atoms with Gasteiger partial charge in [-0.2, -0.15) is 12.7 Å². The van der Waals surface area contributed by atoms with Crippen LogP contribution in [0, 0.1) is 5.92 Å². The van der Waals surface area contributed by atoms with Gasteiger partial charge in [-0.1, -0.05) is 44.2 Å². The van der Waals surface area contributed by atoms with Gasteiger partial charge in [-0.05, 0) is 24.8 Å². The Morgan fingerprint density at radius 3 is 2.35 bits per heavy atom. The number of rotatable bonds is 10. The van der Waals surface area contributed by atoms with Crippen molar-refractivity contribution < 1.29 is 36.0 Å². The molecule has 1 aliphatic rings. The molecule has 0 aliphatic carbocycles. The molecule has 0 radical (unpaired) electrons. The Bertz CT molecular complexity index is 1110. The average molecular weight is 519 g/mol. The second kappa shape index (κ2) is 11.1. The number of sulfonamides is 1. The van der Waals surface area contributed by atoms with E-state index < -0.39 is 57.4 Å². The summed E-state index contributed by atoms with van der Waals surface area (Å²) in [5, 5.41) is 2.07. The molecule has 1 saturated heterocycles. The quantitative estimate of drug-likeness (QED) is 0.440. The van der Waals surface area contributed by atoms with Crippen molar-refractivity contribution in [3.8, 4) is 0 Å². The molecule has 12 nitrogen and oxygen atoms in total. The van der Waals surface area contributed by atoms with E-state index in [2.05, 4.69) is 10.1 Å². The lowest BCUT2D eigenvalue weighted by Gasteiger charge is -2.25. The Morgan fingerprint density at radius 2 is 1.82 bits per heavy atom. The molecule has 0 bridgehead atoms. The van der Waals surface area contributed by atoms with E-state index in [1.807, 2.05) is 13.8 Å². The van der Waals surface area contributed by atoms with Gasteiger partial charge in [-0.25, -0.2) is 21.8 Å². The summed E-state index contributed by atoms with van der Waals surface area (Å²) in [5.74, 6) is -1.68. The molecule has 3 amide bonds. The van der Waals surface area contributed by atoms with Gasteiger partial charge >= 0.3 is 22.2 Å². The Labute approximate surface area is 200 Å². The monoisotopic (exact) mass is 518 g/mol. The number of nitrogens with one attached hydrogen (secondary N) is 1. The van der Waals surface area contributed by atoms with Crippen LogP contribution in [0.3, 0.4) is 0 Å². The summed E-state index contributed by atoms with van der Waals surface area (Å²) in [6, 6.07) is 6.32. The van der Waals surface area contributed by atoms with Crippen molar-refractivity contribution in [1.82, 2.24) is 18.2 Å². The van der Waals surface area contributed by atoms with Crippen molar-refractivity contribution in [2.45, 2.75) is 39.8 Å². The summed E-state index contributed by atoms with van der Waals surface area (Å²) >= 11 is 0. The molecule has 2 rings (SSSR count). The number of benzene rings is 1. The lowest BCUT2D eigenvalue weighted by atomic mass is 10.0. The molecule has 34 heavy (non-hydrogen) atoms. The maximum absolute atomic E-state index is 13.3. The lowest BCUT2D eigenvalue weighted by Crippen LogP contribution is -2.51. The molecular weight excluding hydrogens is 488 g/mol. The zero-order valence-corrected chi connectivity index (χ0v) is 21.1. The van der Waals surface area contributed by atoms with Crippen LogP contribution in [-0.2, 0) is 41.1 Å². The highest BCUT2D eigenvalue weighted by Crippen LogP contribution is 2.30. The van der Waals surface area contributed by atoms with E-state index in [0.29, 0.717) is 16.1 Å². The van der Waals surface area contributed by atoms with Crippen LogP contribution in [0.15, 0.2) is 30.3 Å². The number of hydrogen-bond acceptors (Lipinski definition) is 8. The van der Waals surface area contributed by atoms with E-state index in [4.69, 9.17) is 0 Å². The van der Waals surface area contributed by atoms with Gasteiger partial charge in [0, 0.05) is 6.54 Å². The fourth-order valence-corrected chi connectivity index (χ4v) is 5.78. The zero-order valence-electron chi connectivity index (χ0n) is 19.5. The SMILES string of the molecule is CCOC(=O)CNC(=O)N(CN1C(=O)C(CC(C)C)N(Cc2ccccc2)S1(=O)=O)S(C)(=O)=O. The van der Waals surface area contributed by atoms with Gasteiger partial charge in [-0.3, -0.25) is 9.59 Å². The predicted octanol–water partition coefficient (Wildman–Crippen LogP) is 0.482. The molecule has 0 saturated carbocycles. The van der Waals surface area contributed by atoms with Crippen LogP contribution in [0.2, 0.25) is 0 Å². The van der Waals surface area contributed by atoms with Gasteiger partial charge in [0.15, 0.2) is 0 Å². The van der Waals surface area contributed by atoms with Crippen LogP contribution in [0.25, 0.3) is 0 Å². The number of urea groups is 1. The van der Waals surface area contributed by atoms with Crippen LogP contribution in [0.1, 0.15) is 32.8 Å². The van der Waals surface area contributed by atoms with Crippen molar-refractivity contribution in [2.24, 2.45) is 5.92 Å². The molecule has 1 aliphatic heterocycles. The zero-order chi connectivity index (χ0) is 25.7. The molecule has 1 aromatic rings. The molecule has 190 valence electrons. The fourth-order valence-electron chi connectivity index (χ4n) is 3.34. The Hall–Kier alpha value is -2.71. The first-order chi connectivity index (χ1) is 15.8. The van der Waals surface area contributed by atoms with E-state index in [0.717, 1.165) is 4.31 Å². The fraction of sp³-hybridized carbons (Fsp3) is 0.550. The topological polar surface area (TPSA) is 150 Å². The van der Waals surface area contributed by atoms with Gasteiger partial charge in [0.1, 0.15) is 19.3 Å². The van der Waals surface area contributed by atoms with Gasteiger partial charge in [0.2, 0.25) is 10.0 Å². The lowest BCUT2D eigenvalue weighted by molar-refractivity contribution is -0.141. The molecule has 1 atom stereocenters. The second-order valence-electron chi connectivity index (χ2n) is 8.09. The van der Waals surface area contributed by atoms with Crippen molar-refractivity contribution >= 4 is 38.1 Å². The minimum absolute atomic E-state index is 0.0405. The van der Waals surface area contributed by atoms with E-state index in [-0.39, 0.29) is 29.8 Å². The van der Waals surface area contributed by atoms with Crippen molar-refractivity contribution in [2.75, 3.05) is 26.1 Å². The number of ether oxygens (including phenoxy) is 1. The molecule has 1 heterocycles. The third kappa shape index (κ3) is 6.67. The molecular formula is C20H30N4O8S2. The number of carbonyl (C=O) groups excluding carboxylic acids is 3. The van der Waals surface area contributed by atoms with Crippen LogP contribution < -0.4 is 5.32 Å². The smallest absolute Gasteiger partial charge is 0.333 e. The molecule has 1 aromatic carbocycles. The highest BCUT2D eigenvalue weighted by atomic mass is 32.2. The number of nitrogens with zero attached hydrogens (tertiary/aromatic N) is 3. The van der Waals surface area contributed by atoms with Gasteiger partial charge in [0.05, 0.1) is 12.9 Å². The van der Waals surface area contributed by atoms with Crippen molar-refractivity contribution in [3.63, 3.8) is 0 Å². The summed E-state index contributed by atoms with van der Waals surface area (Å²) in [6.45, 7) is 3.48. The Balaban J connectivity index is 2.35. The molecule has 14 heteroatoms. The molecule has 1 fully saturated rings. The normalized spacial score (nSPS) is 18.2. The second-order valence-corrected chi connectivity index (χ2v) is 11.8. The van der Waals surface area contributed by atoms with E-state index in [1.54, 1.807) is 37.3 Å².